The topological polar surface area (TPSA) is 104 Å². The molecule has 0 aliphatic heterocycles. The quantitative estimate of drug-likeness (QED) is 0.381. The Bertz CT molecular complexity index is 717. The van der Waals surface area contributed by atoms with Crippen LogP contribution >= 0.6 is 11.8 Å². The van der Waals surface area contributed by atoms with Gasteiger partial charge in [-0.05, 0) is 37.6 Å². The maximum Gasteiger partial charge on any atom is 0.305 e. The van der Waals surface area contributed by atoms with Gasteiger partial charge in [0.05, 0.1) is 19.5 Å². The van der Waals surface area contributed by atoms with Crippen LogP contribution < -0.4 is 10.1 Å². The van der Waals surface area contributed by atoms with Crippen molar-refractivity contribution in [2.45, 2.75) is 25.0 Å². The second-order valence-electron chi connectivity index (χ2n) is 5.15. The first kappa shape index (κ1) is 19.8. The van der Waals surface area contributed by atoms with Gasteiger partial charge in [-0.15, -0.1) is 10.2 Å². The Hall–Kier alpha value is -2.55. The molecule has 0 radical (unpaired) electrons. The average molecular weight is 379 g/mol. The molecule has 0 saturated heterocycles. The number of thioether (sulfide) groups is 1. The standard InChI is InChI=1S/C17H21N3O5S/c1-3-24-13-8-6-12(7-9-13)16-19-20-17(25-16)26-11-14(21)18-10-4-5-15(22)23-2/h6-9H,3-5,10-11H2,1-2H3,(H,18,21). The van der Waals surface area contributed by atoms with E-state index in [1.807, 2.05) is 31.2 Å². The minimum atomic E-state index is -0.290. The number of nitrogens with one attached hydrogen (secondary N) is 1. The molecule has 0 saturated carbocycles. The number of nitrogens with zero attached hydrogens (tertiary/aromatic N) is 2. The van der Waals surface area contributed by atoms with E-state index >= 15 is 0 Å². The Morgan fingerprint density at radius 2 is 2.00 bits per heavy atom. The number of benzene rings is 1. The van der Waals surface area contributed by atoms with Crippen LogP contribution in [0.2, 0.25) is 0 Å². The molecule has 1 heterocycles. The van der Waals surface area contributed by atoms with Crippen molar-refractivity contribution in [3.05, 3.63) is 24.3 Å². The third-order valence-corrected chi connectivity index (χ3v) is 4.07. The first-order valence-electron chi connectivity index (χ1n) is 8.15. The van der Waals surface area contributed by atoms with E-state index in [0.29, 0.717) is 30.7 Å². The van der Waals surface area contributed by atoms with Crippen molar-refractivity contribution in [3.63, 3.8) is 0 Å². The molecule has 0 fully saturated rings. The molecule has 1 amide bonds. The fraction of sp³-hybridized carbons (Fsp3) is 0.412. The summed E-state index contributed by atoms with van der Waals surface area (Å²) in [6.07, 6.45) is 0.810. The number of rotatable bonds is 10. The second-order valence-corrected chi connectivity index (χ2v) is 6.08. The number of carbonyl (C=O) groups is 2. The van der Waals surface area contributed by atoms with Gasteiger partial charge < -0.3 is 19.2 Å². The van der Waals surface area contributed by atoms with Crippen molar-refractivity contribution >= 4 is 23.6 Å². The summed E-state index contributed by atoms with van der Waals surface area (Å²) >= 11 is 1.16. The highest BCUT2D eigenvalue weighted by Crippen LogP contribution is 2.24. The second kappa shape index (κ2) is 10.4. The molecule has 0 spiro atoms. The van der Waals surface area contributed by atoms with E-state index in [4.69, 9.17) is 9.15 Å². The van der Waals surface area contributed by atoms with Crippen molar-refractivity contribution in [1.82, 2.24) is 15.5 Å². The zero-order valence-corrected chi connectivity index (χ0v) is 15.5. The summed E-state index contributed by atoms with van der Waals surface area (Å²) in [5.74, 6) is 0.855. The van der Waals surface area contributed by atoms with Crippen LogP contribution in [0.15, 0.2) is 33.9 Å². The lowest BCUT2D eigenvalue weighted by Crippen LogP contribution is -2.26. The molecule has 2 rings (SSSR count). The van der Waals surface area contributed by atoms with Gasteiger partial charge in [-0.1, -0.05) is 11.8 Å². The summed E-state index contributed by atoms with van der Waals surface area (Å²) in [4.78, 5) is 22.7. The van der Waals surface area contributed by atoms with E-state index in [1.54, 1.807) is 0 Å². The van der Waals surface area contributed by atoms with Crippen molar-refractivity contribution in [1.29, 1.82) is 0 Å². The Balaban J connectivity index is 1.75. The van der Waals surface area contributed by atoms with Crippen molar-refractivity contribution in [3.8, 4) is 17.2 Å². The molecule has 1 aromatic carbocycles. The van der Waals surface area contributed by atoms with E-state index in [-0.39, 0.29) is 24.1 Å². The summed E-state index contributed by atoms with van der Waals surface area (Å²) in [6, 6.07) is 7.33. The predicted octanol–water partition coefficient (Wildman–Crippen LogP) is 2.30. The number of esters is 1. The van der Waals surface area contributed by atoms with E-state index < -0.39 is 0 Å². The predicted molar refractivity (Wildman–Crippen MR) is 95.9 cm³/mol. The summed E-state index contributed by atoms with van der Waals surface area (Å²) in [5, 5.41) is 10.9. The lowest BCUT2D eigenvalue weighted by atomic mass is 10.2. The maximum atomic E-state index is 11.8. The van der Waals surface area contributed by atoms with Crippen LogP contribution in [0.3, 0.4) is 0 Å². The minimum absolute atomic E-state index is 0.156. The molecular formula is C17H21N3O5S. The van der Waals surface area contributed by atoms with Crippen LogP contribution in [0.5, 0.6) is 5.75 Å². The van der Waals surface area contributed by atoms with E-state index in [1.165, 1.54) is 7.11 Å². The molecule has 0 aliphatic carbocycles. The number of amides is 1. The van der Waals surface area contributed by atoms with Crippen LogP contribution in [0.1, 0.15) is 19.8 Å². The van der Waals surface area contributed by atoms with Crippen molar-refractivity contribution in [2.24, 2.45) is 0 Å². The SMILES string of the molecule is CCOc1ccc(-c2nnc(SCC(=O)NCCCC(=O)OC)o2)cc1. The van der Waals surface area contributed by atoms with Gasteiger partial charge in [0, 0.05) is 18.5 Å². The number of hydrogen-bond acceptors (Lipinski definition) is 8. The van der Waals surface area contributed by atoms with Crippen LogP contribution in [-0.4, -0.2) is 48.1 Å². The molecule has 0 bridgehead atoms. The van der Waals surface area contributed by atoms with Crippen LogP contribution in [0.25, 0.3) is 11.5 Å². The summed E-state index contributed by atoms with van der Waals surface area (Å²) < 4.78 is 15.5. The summed E-state index contributed by atoms with van der Waals surface area (Å²) in [7, 11) is 1.34. The Morgan fingerprint density at radius 1 is 1.23 bits per heavy atom. The lowest BCUT2D eigenvalue weighted by Gasteiger charge is -2.03. The van der Waals surface area contributed by atoms with Gasteiger partial charge in [-0.3, -0.25) is 9.59 Å². The molecule has 26 heavy (non-hydrogen) atoms. The Morgan fingerprint density at radius 3 is 2.69 bits per heavy atom. The van der Waals surface area contributed by atoms with Gasteiger partial charge in [0.2, 0.25) is 11.8 Å². The molecule has 9 heteroatoms. The highest BCUT2D eigenvalue weighted by atomic mass is 32.2. The van der Waals surface area contributed by atoms with Crippen LogP contribution in [0.4, 0.5) is 0 Å². The average Bonchev–Trinajstić information content (AvgIpc) is 3.13. The first-order chi connectivity index (χ1) is 12.6. The first-order valence-corrected chi connectivity index (χ1v) is 9.14. The Labute approximate surface area is 155 Å². The van der Waals surface area contributed by atoms with Crippen molar-refractivity contribution < 1.29 is 23.5 Å². The minimum Gasteiger partial charge on any atom is -0.494 e. The fourth-order valence-electron chi connectivity index (χ4n) is 1.99. The van der Waals surface area contributed by atoms with E-state index in [9.17, 15) is 9.59 Å². The molecular weight excluding hydrogens is 358 g/mol. The number of methoxy groups -OCH3 is 1. The normalized spacial score (nSPS) is 10.4. The van der Waals surface area contributed by atoms with Gasteiger partial charge in [0.1, 0.15) is 5.75 Å². The maximum absolute atomic E-state index is 11.8. The molecule has 0 aliphatic rings. The van der Waals surface area contributed by atoms with Crippen molar-refractivity contribution in [2.75, 3.05) is 26.0 Å². The molecule has 1 N–H and O–H groups in total. The smallest absolute Gasteiger partial charge is 0.305 e. The largest absolute Gasteiger partial charge is 0.494 e. The van der Waals surface area contributed by atoms with Crippen LogP contribution in [-0.2, 0) is 14.3 Å². The lowest BCUT2D eigenvalue weighted by molar-refractivity contribution is -0.140. The molecule has 140 valence electrons. The van der Waals surface area contributed by atoms with Gasteiger partial charge in [0.15, 0.2) is 0 Å². The zero-order chi connectivity index (χ0) is 18.8. The van der Waals surface area contributed by atoms with Gasteiger partial charge in [-0.2, -0.15) is 0 Å². The highest BCUT2D eigenvalue weighted by molar-refractivity contribution is 7.99. The van der Waals surface area contributed by atoms with E-state index in [0.717, 1.165) is 23.1 Å². The molecule has 1 aromatic heterocycles. The monoisotopic (exact) mass is 379 g/mol. The molecule has 0 atom stereocenters. The highest BCUT2D eigenvalue weighted by Gasteiger charge is 2.11. The van der Waals surface area contributed by atoms with Gasteiger partial charge >= 0.3 is 5.97 Å². The van der Waals surface area contributed by atoms with Crippen LogP contribution in [0, 0.1) is 0 Å². The number of aromatic nitrogens is 2. The molecule has 0 unspecified atom stereocenters. The number of ether oxygens (including phenoxy) is 2. The van der Waals surface area contributed by atoms with E-state index in [2.05, 4.69) is 20.3 Å². The number of hydrogen-bond donors (Lipinski definition) is 1. The third kappa shape index (κ3) is 6.40. The summed E-state index contributed by atoms with van der Waals surface area (Å²) in [5.41, 5.74) is 0.778. The summed E-state index contributed by atoms with van der Waals surface area (Å²) in [6.45, 7) is 2.94. The van der Waals surface area contributed by atoms with Gasteiger partial charge in [0.25, 0.3) is 5.22 Å². The zero-order valence-electron chi connectivity index (χ0n) is 14.7. The Kier molecular flexibility index (Phi) is 7.94. The third-order valence-electron chi connectivity index (χ3n) is 3.25. The molecule has 2 aromatic rings. The fourth-order valence-corrected chi connectivity index (χ4v) is 2.58. The number of carbonyl (C=O) groups excluding carboxylic acids is 2. The molecule has 8 nitrogen and oxygen atoms in total. The van der Waals surface area contributed by atoms with Gasteiger partial charge in [-0.25, -0.2) is 0 Å².